The average Bonchev–Trinajstić information content (AvgIpc) is 2.39. The monoisotopic (exact) mass is 1150 g/mol. The first-order valence-corrected chi connectivity index (χ1v) is 30.1. The number of pyridine rings is 1. The van der Waals surface area contributed by atoms with Gasteiger partial charge >= 0.3 is 6.01 Å². The topological polar surface area (TPSA) is 256 Å². The molecular formula is C64H71N13O8. The molecule has 0 spiro atoms. The molecule has 14 rings (SSSR count). The summed E-state index contributed by atoms with van der Waals surface area (Å²) < 4.78 is 23.2. The number of aliphatic hydroxyl groups is 2. The molecule has 4 saturated heterocycles. The van der Waals surface area contributed by atoms with Crippen molar-refractivity contribution in [1.29, 1.82) is 0 Å². The number of hydrogen-bond acceptors (Lipinski definition) is 15. The first-order valence-electron chi connectivity index (χ1n) is 30.1. The van der Waals surface area contributed by atoms with E-state index in [1.54, 1.807) is 12.4 Å². The predicted molar refractivity (Wildman–Crippen MR) is 322 cm³/mol. The number of nitrogens with zero attached hydrogens (tertiary/aromatic N) is 9. The number of ether oxygens (including phenoxy) is 3. The number of β-amino-alcohol motifs (C(OH)–C–C–N with tert-alkyl or cyclic N) is 1. The fraction of sp³-hybridized carbons (Fsp3) is 0.438. The number of aromatic amines is 2. The zero-order valence-electron chi connectivity index (χ0n) is 48.5. The number of rotatable bonds is 17. The summed E-state index contributed by atoms with van der Waals surface area (Å²) in [6.07, 6.45) is 8.94. The third-order valence-corrected chi connectivity index (χ3v) is 18.3. The van der Waals surface area contributed by atoms with Gasteiger partial charge < -0.3 is 49.8 Å². The van der Waals surface area contributed by atoms with Crippen LogP contribution >= 0.6 is 0 Å². The minimum absolute atomic E-state index is 0.0129. The van der Waals surface area contributed by atoms with Crippen molar-refractivity contribution in [3.05, 3.63) is 117 Å². The Balaban J connectivity index is 0.798. The molecule has 1 aliphatic carbocycles. The lowest BCUT2D eigenvalue weighted by atomic mass is 9.89. The Bertz CT molecular complexity index is 4120. The van der Waals surface area contributed by atoms with Crippen LogP contribution in [0.1, 0.15) is 105 Å². The number of aromatic nitrogens is 9. The second-order valence-corrected chi connectivity index (χ2v) is 24.3. The van der Waals surface area contributed by atoms with Gasteiger partial charge in [0.25, 0.3) is 5.56 Å². The van der Waals surface area contributed by atoms with Crippen LogP contribution in [-0.4, -0.2) is 141 Å². The number of H-pyrrole nitrogens is 2. The second-order valence-electron chi connectivity index (χ2n) is 24.3. The van der Waals surface area contributed by atoms with Crippen LogP contribution in [0.5, 0.6) is 11.8 Å². The van der Waals surface area contributed by atoms with E-state index in [1.165, 1.54) is 15.1 Å². The van der Waals surface area contributed by atoms with E-state index >= 15 is 0 Å². The van der Waals surface area contributed by atoms with E-state index in [4.69, 9.17) is 29.3 Å². The number of benzene rings is 4. The molecular weight excluding hydrogens is 1080 g/mol. The number of nitrogens with one attached hydrogen (secondary N) is 4. The van der Waals surface area contributed by atoms with E-state index in [1.807, 2.05) is 81.0 Å². The molecule has 4 aliphatic heterocycles. The van der Waals surface area contributed by atoms with Crippen LogP contribution < -0.4 is 30.6 Å². The first-order chi connectivity index (χ1) is 41.3. The highest BCUT2D eigenvalue weighted by molar-refractivity contribution is 6.07. The number of aliphatic hydroxyl groups excluding tert-OH is 2. The smallest absolute Gasteiger partial charge is 0.319 e. The van der Waals surface area contributed by atoms with Crippen LogP contribution in [-0.2, 0) is 27.5 Å². The van der Waals surface area contributed by atoms with Gasteiger partial charge in [-0.05, 0) is 121 Å². The summed E-state index contributed by atoms with van der Waals surface area (Å²) in [5.41, 5.74) is 10.5. The molecule has 5 aliphatic rings. The van der Waals surface area contributed by atoms with Crippen LogP contribution in [0.2, 0.25) is 0 Å². The molecule has 6 N–H and O–H groups in total. The summed E-state index contributed by atoms with van der Waals surface area (Å²) in [7, 11) is 0. The van der Waals surface area contributed by atoms with Crippen molar-refractivity contribution in [3.8, 4) is 34.1 Å². The molecule has 9 aromatic rings. The number of anilines is 1. The number of amides is 2. The number of likely N-dealkylation sites (tertiary alicyclic amines) is 1. The van der Waals surface area contributed by atoms with E-state index in [2.05, 4.69) is 60.9 Å². The molecule has 0 radical (unpaired) electrons. The van der Waals surface area contributed by atoms with Crippen LogP contribution in [0.4, 0.5) is 5.82 Å². The molecule has 5 aromatic heterocycles. The summed E-state index contributed by atoms with van der Waals surface area (Å²) in [6, 6.07) is 18.2. The molecule has 5 fully saturated rings. The zero-order chi connectivity index (χ0) is 58.4. The number of aryl methyl sites for hydroxylation is 3. The predicted octanol–water partition coefficient (Wildman–Crippen LogP) is 7.44. The van der Waals surface area contributed by atoms with E-state index in [0.29, 0.717) is 65.5 Å². The Hall–Kier alpha value is -8.24. The van der Waals surface area contributed by atoms with Crippen molar-refractivity contribution in [1.82, 2.24) is 60.2 Å². The Labute approximate surface area is 490 Å². The minimum atomic E-state index is -1.03. The van der Waals surface area contributed by atoms with E-state index in [0.717, 1.165) is 112 Å². The molecule has 21 nitrogen and oxygen atoms in total. The maximum absolute atomic E-state index is 14.9. The quantitative estimate of drug-likeness (QED) is 0.0518. The summed E-state index contributed by atoms with van der Waals surface area (Å²) in [6.45, 7) is 13.2. The number of carbonyl (C=O) groups is 2. The van der Waals surface area contributed by atoms with Crippen molar-refractivity contribution in [2.45, 2.75) is 135 Å². The highest BCUT2D eigenvalue weighted by Crippen LogP contribution is 2.53. The summed E-state index contributed by atoms with van der Waals surface area (Å²) in [5, 5.41) is 48.3. The summed E-state index contributed by atoms with van der Waals surface area (Å²) in [5.74, 6) is 0.529. The van der Waals surface area contributed by atoms with Crippen LogP contribution in [0.25, 0.3) is 66.0 Å². The number of carbonyl (C=O) groups excluding carboxylic acids is 2. The van der Waals surface area contributed by atoms with Gasteiger partial charge in [0, 0.05) is 103 Å². The Morgan fingerprint density at radius 3 is 2.46 bits per heavy atom. The maximum Gasteiger partial charge on any atom is 0.319 e. The average molecular weight is 1150 g/mol. The molecule has 440 valence electrons. The number of hydrogen-bond donors (Lipinski definition) is 6. The van der Waals surface area contributed by atoms with E-state index in [9.17, 15) is 24.6 Å². The number of piperazine rings is 1. The molecule has 2 bridgehead atoms. The summed E-state index contributed by atoms with van der Waals surface area (Å²) >= 11 is 0. The largest absolute Gasteiger partial charge is 0.486 e. The van der Waals surface area contributed by atoms with Crippen LogP contribution in [0, 0.1) is 19.8 Å². The van der Waals surface area contributed by atoms with Gasteiger partial charge in [0.2, 0.25) is 11.8 Å². The van der Waals surface area contributed by atoms with Crippen molar-refractivity contribution in [3.63, 3.8) is 0 Å². The third kappa shape index (κ3) is 9.93. The standard InChI is InChI=1S/C64H71N13O8/c1-6-76-52(15-18-67-76)38-12-10-37(11-13-38)51(31-78)69-61(80)53-24-42(79)29-75(53)63(82)58(33(2)3)77-30-48-45-21-35(5)39(22-50(45)68-62(81)57(48)73-77)32-84-59-55(54-34(4)7-14-49-47(54)27-66-72-49)44(36-8-9-36)25-46-56(59)70-64(85-43-16-19-83-20-17-43)71-60(46)74-28-40-23-41(74)26-65-40/h7,10-15,18,21-22,25,27,30,33,36,40-43,51,53,58,65,78-79H,6,8-9,16-17,19-20,23-24,26,28-29,31-32H2,1-5H3,(H,66,72)(H,68,81)(H,69,80)/t40-,41-,42+,51-,53-,58-/m0/s1. The van der Waals surface area contributed by atoms with Gasteiger partial charge in [-0.3, -0.25) is 28.8 Å². The van der Waals surface area contributed by atoms with Crippen molar-refractivity contribution in [2.24, 2.45) is 5.92 Å². The minimum Gasteiger partial charge on any atom is -0.486 e. The highest BCUT2D eigenvalue weighted by atomic mass is 16.5. The van der Waals surface area contributed by atoms with Crippen molar-refractivity contribution < 1.29 is 34.0 Å². The molecule has 9 heterocycles. The molecule has 2 amide bonds. The Morgan fingerprint density at radius 1 is 0.894 bits per heavy atom. The first kappa shape index (κ1) is 54.7. The third-order valence-electron chi connectivity index (χ3n) is 18.3. The normalized spacial score (nSPS) is 20.7. The lowest BCUT2D eigenvalue weighted by Crippen LogP contribution is -2.50. The van der Waals surface area contributed by atoms with Gasteiger partial charge in [-0.25, -0.2) is 0 Å². The molecule has 6 atom stereocenters. The van der Waals surface area contributed by atoms with Gasteiger partial charge in [0.1, 0.15) is 36.1 Å². The lowest BCUT2D eigenvalue weighted by Gasteiger charge is -2.31. The van der Waals surface area contributed by atoms with Gasteiger partial charge in [-0.2, -0.15) is 25.3 Å². The number of fused-ring (bicyclic) bond motifs is 7. The Kier molecular flexibility index (Phi) is 14.1. The van der Waals surface area contributed by atoms with Crippen molar-refractivity contribution in [2.75, 3.05) is 44.4 Å². The van der Waals surface area contributed by atoms with Gasteiger partial charge in [0.15, 0.2) is 11.3 Å². The van der Waals surface area contributed by atoms with Crippen LogP contribution in [0.15, 0.2) is 84.0 Å². The molecule has 4 aromatic carbocycles. The van der Waals surface area contributed by atoms with E-state index in [-0.39, 0.29) is 49.8 Å². The highest BCUT2D eigenvalue weighted by Gasteiger charge is 2.44. The Morgan fingerprint density at radius 2 is 1.72 bits per heavy atom. The molecule has 85 heavy (non-hydrogen) atoms. The van der Waals surface area contributed by atoms with Gasteiger partial charge in [-0.15, -0.1) is 0 Å². The van der Waals surface area contributed by atoms with Gasteiger partial charge in [0.05, 0.1) is 49.4 Å². The molecule has 21 heteroatoms. The zero-order valence-corrected chi connectivity index (χ0v) is 48.5. The summed E-state index contributed by atoms with van der Waals surface area (Å²) in [4.78, 5) is 60.9. The fourth-order valence-corrected chi connectivity index (χ4v) is 13.7. The van der Waals surface area contributed by atoms with E-state index < -0.39 is 41.6 Å². The SMILES string of the molecule is CCn1nccc1-c1ccc([C@H](CO)NC(=O)[C@@H]2C[C@@H](O)CN2C(=O)[C@H](C(C)C)n2cc3c(n2)c(=O)[nH]c2cc(COc4c(-c5c(C)ccc6[nH]ncc56)c(C5CC5)cc5c(N6C[C@@H]7C[C@H]6CN7)nc(OC6CCOCC6)nc45)c(C)cc23)cc1. The van der Waals surface area contributed by atoms with Gasteiger partial charge in [-0.1, -0.05) is 44.2 Å². The second kappa shape index (κ2) is 22.0. The lowest BCUT2D eigenvalue weighted by molar-refractivity contribution is -0.142. The molecule has 0 unspecified atom stereocenters. The fourth-order valence-electron chi connectivity index (χ4n) is 13.7. The maximum atomic E-state index is 14.9. The molecule has 1 saturated carbocycles. The van der Waals surface area contributed by atoms with Crippen LogP contribution in [0.3, 0.4) is 0 Å². The van der Waals surface area contributed by atoms with Crippen molar-refractivity contribution >= 4 is 61.2 Å².